The number of aromatic nitrogens is 6. The summed E-state index contributed by atoms with van der Waals surface area (Å²) < 4.78 is 18.2. The molecule has 1 amide bonds. The molecule has 0 fully saturated rings. The first kappa shape index (κ1) is 18.4. The van der Waals surface area contributed by atoms with Crippen molar-refractivity contribution in [3.63, 3.8) is 0 Å². The molecule has 0 bridgehead atoms. The highest BCUT2D eigenvalue weighted by Gasteiger charge is 2.21. The van der Waals surface area contributed by atoms with Crippen LogP contribution in [-0.4, -0.2) is 35.3 Å². The Morgan fingerprint density at radius 2 is 2.10 bits per heavy atom. The Kier molecular flexibility index (Phi) is 4.50. The molecule has 1 N–H and O–H groups in total. The van der Waals surface area contributed by atoms with E-state index in [1.165, 1.54) is 12.1 Å². The standard InChI is InChI=1S/C21H20FN7O/c1-13-18(20-23-9-5-11-29(20)27-13)21(30)24-14-7-8-16(22)15(12-14)19-26-25-17-6-3-2-4-10-28(17)19/h5,7-9,11-12H,2-4,6,10H2,1H3,(H,24,30). The highest BCUT2D eigenvalue weighted by molar-refractivity contribution is 6.09. The van der Waals surface area contributed by atoms with Crippen molar-refractivity contribution in [2.24, 2.45) is 0 Å². The molecule has 4 heterocycles. The summed E-state index contributed by atoms with van der Waals surface area (Å²) >= 11 is 0. The molecule has 0 aliphatic carbocycles. The predicted molar refractivity (Wildman–Crippen MR) is 109 cm³/mol. The van der Waals surface area contributed by atoms with Crippen LogP contribution in [0.3, 0.4) is 0 Å². The van der Waals surface area contributed by atoms with Crippen molar-refractivity contribution in [1.82, 2.24) is 29.4 Å². The molecule has 0 saturated heterocycles. The quantitative estimate of drug-likeness (QED) is 0.564. The second-order valence-electron chi connectivity index (χ2n) is 7.40. The van der Waals surface area contributed by atoms with Crippen LogP contribution in [0.1, 0.15) is 41.1 Å². The van der Waals surface area contributed by atoms with Crippen LogP contribution in [-0.2, 0) is 13.0 Å². The molecule has 8 nitrogen and oxygen atoms in total. The Labute approximate surface area is 171 Å². The lowest BCUT2D eigenvalue weighted by molar-refractivity contribution is 0.102. The minimum atomic E-state index is -0.402. The Hall–Kier alpha value is -3.62. The number of hydrogen-bond donors (Lipinski definition) is 1. The number of nitrogens with zero attached hydrogens (tertiary/aromatic N) is 6. The number of rotatable bonds is 3. The minimum Gasteiger partial charge on any atom is -0.322 e. The molecule has 9 heteroatoms. The van der Waals surface area contributed by atoms with Gasteiger partial charge in [-0.15, -0.1) is 10.2 Å². The summed E-state index contributed by atoms with van der Waals surface area (Å²) in [5.74, 6) is 0.624. The van der Waals surface area contributed by atoms with E-state index in [1.807, 2.05) is 4.57 Å². The molecule has 0 radical (unpaired) electrons. The second kappa shape index (κ2) is 7.33. The molecule has 1 aromatic carbocycles. The summed E-state index contributed by atoms with van der Waals surface area (Å²) in [6, 6.07) is 6.22. The lowest BCUT2D eigenvalue weighted by Gasteiger charge is -2.10. The van der Waals surface area contributed by atoms with E-state index in [4.69, 9.17) is 0 Å². The van der Waals surface area contributed by atoms with Gasteiger partial charge in [-0.2, -0.15) is 5.10 Å². The lowest BCUT2D eigenvalue weighted by atomic mass is 10.1. The summed E-state index contributed by atoms with van der Waals surface area (Å²) in [6.45, 7) is 2.52. The Morgan fingerprint density at radius 1 is 1.20 bits per heavy atom. The number of amides is 1. The van der Waals surface area contributed by atoms with Gasteiger partial charge in [0.2, 0.25) is 0 Å². The normalized spacial score (nSPS) is 13.8. The zero-order valence-electron chi connectivity index (χ0n) is 16.5. The molecule has 30 heavy (non-hydrogen) atoms. The van der Waals surface area contributed by atoms with Crippen molar-refractivity contribution in [1.29, 1.82) is 0 Å². The van der Waals surface area contributed by atoms with E-state index in [0.29, 0.717) is 34.0 Å². The maximum Gasteiger partial charge on any atom is 0.261 e. The average Bonchev–Trinajstić information content (AvgIpc) is 3.20. The van der Waals surface area contributed by atoms with Crippen molar-refractivity contribution in [2.45, 2.75) is 39.2 Å². The number of carbonyl (C=O) groups is 1. The fraction of sp³-hybridized carbons (Fsp3) is 0.286. The molecule has 4 aromatic rings. The maximum absolute atomic E-state index is 14.7. The molecular formula is C21H20FN7O. The van der Waals surface area contributed by atoms with E-state index in [0.717, 1.165) is 38.1 Å². The molecule has 1 aliphatic rings. The molecule has 0 atom stereocenters. The van der Waals surface area contributed by atoms with Crippen LogP contribution in [0.15, 0.2) is 36.7 Å². The third-order valence-electron chi connectivity index (χ3n) is 5.37. The van der Waals surface area contributed by atoms with Gasteiger partial charge in [0.25, 0.3) is 5.91 Å². The number of aryl methyl sites for hydroxylation is 2. The molecule has 0 saturated carbocycles. The number of hydrogen-bond acceptors (Lipinski definition) is 5. The predicted octanol–water partition coefficient (Wildman–Crippen LogP) is 3.41. The van der Waals surface area contributed by atoms with Gasteiger partial charge < -0.3 is 9.88 Å². The van der Waals surface area contributed by atoms with Gasteiger partial charge in [0, 0.05) is 31.0 Å². The first-order valence-electron chi connectivity index (χ1n) is 9.95. The number of anilines is 1. The van der Waals surface area contributed by atoms with Crippen LogP contribution in [0, 0.1) is 12.7 Å². The van der Waals surface area contributed by atoms with Crippen molar-refractivity contribution in [3.8, 4) is 11.4 Å². The van der Waals surface area contributed by atoms with Crippen LogP contribution < -0.4 is 5.32 Å². The van der Waals surface area contributed by atoms with E-state index in [9.17, 15) is 9.18 Å². The highest BCUT2D eigenvalue weighted by Crippen LogP contribution is 2.28. The maximum atomic E-state index is 14.7. The van der Waals surface area contributed by atoms with Crippen molar-refractivity contribution < 1.29 is 9.18 Å². The van der Waals surface area contributed by atoms with Crippen LogP contribution >= 0.6 is 0 Å². The number of benzene rings is 1. The van der Waals surface area contributed by atoms with Crippen LogP contribution in [0.2, 0.25) is 0 Å². The summed E-state index contributed by atoms with van der Waals surface area (Å²) in [5.41, 5.74) is 2.21. The van der Waals surface area contributed by atoms with Gasteiger partial charge >= 0.3 is 0 Å². The summed E-state index contributed by atoms with van der Waals surface area (Å²) in [7, 11) is 0. The molecule has 0 spiro atoms. The van der Waals surface area contributed by atoms with Gasteiger partial charge in [0.1, 0.15) is 17.2 Å². The largest absolute Gasteiger partial charge is 0.322 e. The molecule has 5 rings (SSSR count). The summed E-state index contributed by atoms with van der Waals surface area (Å²) in [5, 5.41) is 15.6. The van der Waals surface area contributed by atoms with Crippen LogP contribution in [0.25, 0.3) is 17.0 Å². The van der Waals surface area contributed by atoms with E-state index in [1.54, 1.807) is 36.0 Å². The number of nitrogens with one attached hydrogen (secondary N) is 1. The van der Waals surface area contributed by atoms with Gasteiger partial charge in [-0.1, -0.05) is 6.42 Å². The topological polar surface area (TPSA) is 90.0 Å². The van der Waals surface area contributed by atoms with Gasteiger partial charge in [-0.25, -0.2) is 13.9 Å². The van der Waals surface area contributed by atoms with Crippen molar-refractivity contribution in [2.75, 3.05) is 5.32 Å². The van der Waals surface area contributed by atoms with Crippen LogP contribution in [0.4, 0.5) is 10.1 Å². The van der Waals surface area contributed by atoms with Gasteiger partial charge in [-0.3, -0.25) is 4.79 Å². The van der Waals surface area contributed by atoms with Gasteiger partial charge in [0.15, 0.2) is 11.5 Å². The lowest BCUT2D eigenvalue weighted by Crippen LogP contribution is -2.13. The SMILES string of the molecule is Cc1nn2cccnc2c1C(=O)Nc1ccc(F)c(-c2nnc3n2CCCCC3)c1. The third kappa shape index (κ3) is 3.12. The average molecular weight is 405 g/mol. The van der Waals surface area contributed by atoms with Gasteiger partial charge in [-0.05, 0) is 44.0 Å². The van der Waals surface area contributed by atoms with Crippen molar-refractivity contribution in [3.05, 3.63) is 59.6 Å². The van der Waals surface area contributed by atoms with E-state index < -0.39 is 5.82 Å². The van der Waals surface area contributed by atoms with Crippen molar-refractivity contribution >= 4 is 17.2 Å². The summed E-state index contributed by atoms with van der Waals surface area (Å²) in [4.78, 5) is 17.2. The molecule has 152 valence electrons. The second-order valence-corrected chi connectivity index (χ2v) is 7.40. The minimum absolute atomic E-state index is 0.322. The monoisotopic (exact) mass is 405 g/mol. The van der Waals surface area contributed by atoms with Crippen LogP contribution in [0.5, 0.6) is 0 Å². The number of carbonyl (C=O) groups excluding carboxylic acids is 1. The Bertz CT molecular complexity index is 1260. The molecule has 0 unspecified atom stereocenters. The number of halogens is 1. The molecule has 1 aliphatic heterocycles. The zero-order chi connectivity index (χ0) is 20.7. The van der Waals surface area contributed by atoms with Gasteiger partial charge in [0.05, 0.1) is 11.3 Å². The van der Waals surface area contributed by atoms with E-state index in [2.05, 4.69) is 25.6 Å². The summed E-state index contributed by atoms with van der Waals surface area (Å²) in [6.07, 6.45) is 7.38. The Balaban J connectivity index is 1.49. The van der Waals surface area contributed by atoms with E-state index in [-0.39, 0.29) is 5.91 Å². The number of fused-ring (bicyclic) bond motifs is 2. The zero-order valence-corrected chi connectivity index (χ0v) is 16.5. The Morgan fingerprint density at radius 3 is 3.00 bits per heavy atom. The molecule has 3 aromatic heterocycles. The fourth-order valence-corrected chi connectivity index (χ4v) is 3.91. The highest BCUT2D eigenvalue weighted by atomic mass is 19.1. The third-order valence-corrected chi connectivity index (χ3v) is 5.37. The smallest absolute Gasteiger partial charge is 0.261 e. The molecular weight excluding hydrogens is 385 g/mol. The van der Waals surface area contributed by atoms with E-state index >= 15 is 0 Å². The first-order valence-corrected chi connectivity index (χ1v) is 9.95. The fourth-order valence-electron chi connectivity index (χ4n) is 3.91. The first-order chi connectivity index (χ1) is 14.6.